The molecule has 2 saturated heterocycles. The molecule has 26 heavy (non-hydrogen) atoms. The van der Waals surface area contributed by atoms with Crippen LogP contribution in [0.3, 0.4) is 0 Å². The van der Waals surface area contributed by atoms with Crippen molar-refractivity contribution in [3.63, 3.8) is 0 Å². The zero-order chi connectivity index (χ0) is 19.7. The zero-order valence-electron chi connectivity index (χ0n) is 15.1. The van der Waals surface area contributed by atoms with Crippen molar-refractivity contribution in [3.8, 4) is 0 Å². The van der Waals surface area contributed by atoms with Gasteiger partial charge in [-0.2, -0.15) is 0 Å². The fourth-order valence-corrected chi connectivity index (χ4v) is 2.60. The Morgan fingerprint density at radius 2 is 2.08 bits per heavy atom. The first kappa shape index (κ1) is 20.2. The van der Waals surface area contributed by atoms with Crippen molar-refractivity contribution in [1.82, 2.24) is 0 Å². The van der Waals surface area contributed by atoms with E-state index >= 15 is 0 Å². The van der Waals surface area contributed by atoms with Gasteiger partial charge in [0.15, 0.2) is 5.79 Å². The Kier molecular flexibility index (Phi) is 5.61. The van der Waals surface area contributed by atoms with Gasteiger partial charge in [-0.25, -0.2) is 0 Å². The minimum absolute atomic E-state index is 0.0296. The number of rotatable bonds is 4. The maximum atomic E-state index is 12.4. The van der Waals surface area contributed by atoms with Gasteiger partial charge in [0.1, 0.15) is 24.4 Å². The molecule has 1 unspecified atom stereocenters. The lowest BCUT2D eigenvalue weighted by Crippen LogP contribution is -2.65. The van der Waals surface area contributed by atoms with Crippen molar-refractivity contribution < 1.29 is 33.7 Å². The normalized spacial score (nSPS) is 33.3. The second-order valence-electron chi connectivity index (χ2n) is 7.48. The molecule has 0 spiro atoms. The molecule has 5 atom stereocenters. The largest absolute Gasteiger partial charge is 0.458 e. The van der Waals surface area contributed by atoms with Crippen LogP contribution >= 0.6 is 0 Å². The summed E-state index contributed by atoms with van der Waals surface area (Å²) < 4.78 is 22.3. The first-order valence-electron chi connectivity index (χ1n) is 7.98. The molecule has 12 heteroatoms. The average molecular weight is 374 g/mol. The van der Waals surface area contributed by atoms with Gasteiger partial charge in [0.25, 0.3) is 5.09 Å². The Hall–Kier alpha value is -2.14. The maximum Gasteiger partial charge on any atom is 0.311 e. The lowest BCUT2D eigenvalue weighted by Gasteiger charge is -2.49. The van der Waals surface area contributed by atoms with E-state index in [0.717, 1.165) is 0 Å². The fraction of sp³-hybridized carbons (Fsp3) is 0.929. The van der Waals surface area contributed by atoms with Gasteiger partial charge in [0, 0.05) is 4.91 Å². The number of hydrogen-bond donors (Lipinski definition) is 0. The monoisotopic (exact) mass is 374 g/mol. The smallest absolute Gasteiger partial charge is 0.311 e. The highest BCUT2D eigenvalue weighted by Gasteiger charge is 2.54. The van der Waals surface area contributed by atoms with Crippen molar-refractivity contribution in [2.45, 2.75) is 71.0 Å². The van der Waals surface area contributed by atoms with Crippen molar-refractivity contribution in [2.24, 2.45) is 10.5 Å². The summed E-state index contributed by atoms with van der Waals surface area (Å²) in [5.41, 5.74) is 8.00. The lowest BCUT2D eigenvalue weighted by molar-refractivity contribution is -0.784. The highest BCUT2D eigenvalue weighted by molar-refractivity contribution is 5.75. The number of hydrogen-bond acceptors (Lipinski definition) is 9. The van der Waals surface area contributed by atoms with E-state index in [-0.39, 0.29) is 6.61 Å². The van der Waals surface area contributed by atoms with Gasteiger partial charge in [-0.3, -0.25) is 9.63 Å². The summed E-state index contributed by atoms with van der Waals surface area (Å²) >= 11 is 0. The van der Waals surface area contributed by atoms with E-state index < -0.39 is 52.9 Å². The highest BCUT2D eigenvalue weighted by Crippen LogP contribution is 2.36. The Balaban J connectivity index is 2.38. The molecule has 0 aromatic rings. The molecule has 2 fully saturated rings. The molecule has 2 rings (SSSR count). The molecular weight excluding hydrogens is 352 g/mol. The van der Waals surface area contributed by atoms with E-state index in [4.69, 9.17) is 24.5 Å². The van der Waals surface area contributed by atoms with E-state index in [1.165, 1.54) is 0 Å². The molecule has 2 heterocycles. The molecule has 0 aromatic heterocycles. The predicted octanol–water partition coefficient (Wildman–Crippen LogP) is 1.71. The van der Waals surface area contributed by atoms with Crippen LogP contribution in [0.4, 0.5) is 0 Å². The Bertz CT molecular complexity index is 613. The molecular formula is C14H22N4O8. The van der Waals surface area contributed by atoms with Crippen LogP contribution in [0.5, 0.6) is 0 Å². The van der Waals surface area contributed by atoms with E-state index in [2.05, 4.69) is 14.9 Å². The number of carbonyl (C=O) groups is 1. The third-order valence-electron chi connectivity index (χ3n) is 3.86. The number of ether oxygens (including phenoxy) is 4. The van der Waals surface area contributed by atoms with E-state index in [0.29, 0.717) is 0 Å². The average Bonchev–Trinajstić information content (AvgIpc) is 2.49. The second-order valence-corrected chi connectivity index (χ2v) is 7.48. The summed E-state index contributed by atoms with van der Waals surface area (Å²) in [6, 6.07) is -1.31. The van der Waals surface area contributed by atoms with Gasteiger partial charge in [-0.1, -0.05) is 5.11 Å². The fourth-order valence-electron chi connectivity index (χ4n) is 2.60. The van der Waals surface area contributed by atoms with Crippen molar-refractivity contribution in [3.05, 3.63) is 20.6 Å². The van der Waals surface area contributed by atoms with Crippen molar-refractivity contribution in [1.29, 1.82) is 0 Å². The summed E-state index contributed by atoms with van der Waals surface area (Å²) in [4.78, 5) is 30.3. The number of azide groups is 1. The zero-order valence-corrected chi connectivity index (χ0v) is 15.1. The first-order valence-corrected chi connectivity index (χ1v) is 7.98. The van der Waals surface area contributed by atoms with Gasteiger partial charge < -0.3 is 18.9 Å². The van der Waals surface area contributed by atoms with Gasteiger partial charge in [-0.15, -0.1) is 10.1 Å². The summed E-state index contributed by atoms with van der Waals surface area (Å²) in [5.74, 6) is -1.59. The summed E-state index contributed by atoms with van der Waals surface area (Å²) in [6.07, 6.45) is -4.37. The molecule has 2 aliphatic heterocycles. The van der Waals surface area contributed by atoms with Crippen LogP contribution in [0.1, 0.15) is 34.6 Å². The van der Waals surface area contributed by atoms with E-state index in [1.54, 1.807) is 34.6 Å². The Morgan fingerprint density at radius 1 is 1.42 bits per heavy atom. The molecule has 0 bridgehead atoms. The Labute approximate surface area is 149 Å². The minimum Gasteiger partial charge on any atom is -0.458 e. The predicted molar refractivity (Wildman–Crippen MR) is 83.9 cm³/mol. The van der Waals surface area contributed by atoms with Crippen molar-refractivity contribution in [2.75, 3.05) is 6.61 Å². The number of nitrogens with zero attached hydrogens (tertiary/aromatic N) is 4. The van der Waals surface area contributed by atoms with Crippen molar-refractivity contribution >= 4 is 5.97 Å². The van der Waals surface area contributed by atoms with Crippen LogP contribution < -0.4 is 0 Å². The molecule has 0 aromatic carbocycles. The minimum atomic E-state index is -1.56. The molecule has 2 aliphatic rings. The first-order chi connectivity index (χ1) is 11.9. The molecule has 0 aliphatic carbocycles. The summed E-state index contributed by atoms with van der Waals surface area (Å²) in [5, 5.41) is 13.2. The molecule has 146 valence electrons. The summed E-state index contributed by atoms with van der Waals surface area (Å²) in [6.45, 7) is 8.29. The van der Waals surface area contributed by atoms with E-state index in [9.17, 15) is 14.9 Å². The quantitative estimate of drug-likeness (QED) is 0.180. The van der Waals surface area contributed by atoms with Crippen LogP contribution in [0, 0.1) is 15.5 Å². The lowest BCUT2D eigenvalue weighted by atomic mass is 9.93. The van der Waals surface area contributed by atoms with Crippen LogP contribution in [-0.4, -0.2) is 54.1 Å². The SMILES string of the molecule is CC1(C)OC[C@H]2OC(O[N+](=O)[O-])[C@H](N=[N+]=[N-])[C@@H](OC(=O)C(C)(C)C)[C@@H]2O1. The third-order valence-corrected chi connectivity index (χ3v) is 3.86. The number of fused-ring (bicyclic) bond motifs is 1. The number of carbonyl (C=O) groups excluding carboxylic acids is 1. The third kappa shape index (κ3) is 4.52. The Morgan fingerprint density at radius 3 is 2.62 bits per heavy atom. The molecule has 12 nitrogen and oxygen atoms in total. The standard InChI is InChI=1S/C14H22N4O8/c1-13(2,3)12(19)24-10-8(16-17-15)11(26-18(20)21)23-7-6-22-14(4,5)25-9(7)10/h7-11H,6H2,1-5H3/t7-,8-,9-,10-,11?/m1/s1. The van der Waals surface area contributed by atoms with Crippen LogP contribution in [0.25, 0.3) is 10.4 Å². The molecule has 0 radical (unpaired) electrons. The van der Waals surface area contributed by atoms with Gasteiger partial charge in [0.05, 0.1) is 12.0 Å². The van der Waals surface area contributed by atoms with Crippen LogP contribution in [0.15, 0.2) is 5.11 Å². The van der Waals surface area contributed by atoms with Gasteiger partial charge in [0.2, 0.25) is 6.29 Å². The molecule has 0 saturated carbocycles. The van der Waals surface area contributed by atoms with E-state index in [1.807, 2.05) is 0 Å². The van der Waals surface area contributed by atoms with Crippen LogP contribution in [-0.2, 0) is 28.6 Å². The summed E-state index contributed by atoms with van der Waals surface area (Å²) in [7, 11) is 0. The number of esters is 1. The van der Waals surface area contributed by atoms with Crippen LogP contribution in [0.2, 0.25) is 0 Å². The molecule has 0 N–H and O–H groups in total. The second kappa shape index (κ2) is 7.23. The topological polar surface area (TPSA) is 155 Å². The van der Waals surface area contributed by atoms with Gasteiger partial charge in [-0.05, 0) is 40.1 Å². The van der Waals surface area contributed by atoms with Gasteiger partial charge >= 0.3 is 5.97 Å². The highest BCUT2D eigenvalue weighted by atomic mass is 17.0. The maximum absolute atomic E-state index is 12.4. The molecule has 0 amide bonds.